The minimum Gasteiger partial charge on any atom is -0.481 e. The number of aryl methyl sites for hydroxylation is 1. The Labute approximate surface area is 170 Å². The lowest BCUT2D eigenvalue weighted by Gasteiger charge is -2.10. The lowest BCUT2D eigenvalue weighted by atomic mass is 10.0. The van der Waals surface area contributed by atoms with E-state index in [-0.39, 0.29) is 6.42 Å². The van der Waals surface area contributed by atoms with Crippen molar-refractivity contribution < 1.29 is 14.7 Å². The first kappa shape index (κ1) is 20.1. The molecule has 0 saturated heterocycles. The van der Waals surface area contributed by atoms with E-state index >= 15 is 0 Å². The fourth-order valence-corrected chi connectivity index (χ4v) is 2.98. The van der Waals surface area contributed by atoms with Crippen molar-refractivity contribution in [2.24, 2.45) is 5.16 Å². The number of hydrogen-bond donors (Lipinski definition) is 2. The zero-order valence-corrected chi connectivity index (χ0v) is 16.3. The summed E-state index contributed by atoms with van der Waals surface area (Å²) in [5.41, 5.74) is 5.96. The van der Waals surface area contributed by atoms with E-state index in [4.69, 9.17) is 9.94 Å². The molecule has 0 unspecified atom stereocenters. The Morgan fingerprint density at radius 1 is 0.897 bits per heavy atom. The number of nitrogens with zero attached hydrogens (tertiary/aromatic N) is 1. The van der Waals surface area contributed by atoms with Crippen LogP contribution >= 0.6 is 0 Å². The van der Waals surface area contributed by atoms with Crippen LogP contribution < -0.4 is 5.32 Å². The van der Waals surface area contributed by atoms with Crippen molar-refractivity contribution in [3.63, 3.8) is 0 Å². The maximum atomic E-state index is 10.7. The monoisotopic (exact) mass is 388 g/mol. The number of aliphatic carboxylic acids is 1. The van der Waals surface area contributed by atoms with Crippen molar-refractivity contribution in [3.05, 3.63) is 101 Å². The topological polar surface area (TPSA) is 70.9 Å². The largest absolute Gasteiger partial charge is 0.481 e. The van der Waals surface area contributed by atoms with Gasteiger partial charge in [0.2, 0.25) is 0 Å². The van der Waals surface area contributed by atoms with Gasteiger partial charge in [-0.2, -0.15) is 0 Å². The third-order valence-corrected chi connectivity index (χ3v) is 4.54. The average Bonchev–Trinajstić information content (AvgIpc) is 2.76. The molecular formula is C24H24N2O3. The Morgan fingerprint density at radius 3 is 2.14 bits per heavy atom. The van der Waals surface area contributed by atoms with Gasteiger partial charge in [-0.1, -0.05) is 71.9 Å². The van der Waals surface area contributed by atoms with Gasteiger partial charge in [-0.25, -0.2) is 0 Å². The number of carbonyl (C=O) groups is 1. The molecule has 3 aromatic carbocycles. The molecule has 0 spiro atoms. The van der Waals surface area contributed by atoms with Gasteiger partial charge in [0.1, 0.15) is 12.8 Å². The highest BCUT2D eigenvalue weighted by Gasteiger charge is 2.08. The Kier molecular flexibility index (Phi) is 7.00. The first-order valence-corrected chi connectivity index (χ1v) is 9.46. The fraction of sp³-hybridized carbons (Fsp3) is 0.167. The summed E-state index contributed by atoms with van der Waals surface area (Å²) >= 11 is 0. The molecule has 0 amide bonds. The van der Waals surface area contributed by atoms with Crippen molar-refractivity contribution in [1.29, 1.82) is 0 Å². The maximum absolute atomic E-state index is 10.7. The Balaban J connectivity index is 1.62. The minimum absolute atomic E-state index is 0.149. The number of rotatable bonds is 9. The summed E-state index contributed by atoms with van der Waals surface area (Å²) in [5, 5.41) is 16.3. The van der Waals surface area contributed by atoms with E-state index in [2.05, 4.69) is 22.6 Å². The minimum atomic E-state index is -0.776. The third-order valence-electron chi connectivity index (χ3n) is 4.54. The van der Waals surface area contributed by atoms with Crippen molar-refractivity contribution in [2.75, 3.05) is 12.4 Å². The summed E-state index contributed by atoms with van der Waals surface area (Å²) in [6.45, 7) is 0.691. The van der Waals surface area contributed by atoms with E-state index in [0.29, 0.717) is 13.0 Å². The summed E-state index contributed by atoms with van der Waals surface area (Å²) < 4.78 is 0. The average molecular weight is 388 g/mol. The summed E-state index contributed by atoms with van der Waals surface area (Å²) in [6.07, 6.45) is 0.695. The van der Waals surface area contributed by atoms with Crippen molar-refractivity contribution in [3.8, 4) is 0 Å². The molecule has 29 heavy (non-hydrogen) atoms. The molecule has 0 heterocycles. The predicted molar refractivity (Wildman–Crippen MR) is 115 cm³/mol. The zero-order chi connectivity index (χ0) is 20.5. The third kappa shape index (κ3) is 5.94. The van der Waals surface area contributed by atoms with Crippen LogP contribution in [0.25, 0.3) is 0 Å². The standard InChI is InChI=1S/C24H24N2O3/c1-29-26-24(20-5-3-2-4-6-20)21-12-7-19(8-13-21)17-25-22-14-9-18(10-15-22)11-16-23(27)28/h2-10,12-15,25H,11,16-17H2,1H3,(H,27,28). The molecule has 5 heteroatoms. The van der Waals surface area contributed by atoms with Crippen LogP contribution in [0.15, 0.2) is 84.0 Å². The van der Waals surface area contributed by atoms with Gasteiger partial charge in [-0.15, -0.1) is 0 Å². The van der Waals surface area contributed by atoms with Crippen LogP contribution in [0.4, 0.5) is 5.69 Å². The lowest BCUT2D eigenvalue weighted by Crippen LogP contribution is -2.05. The maximum Gasteiger partial charge on any atom is 0.303 e. The van der Waals surface area contributed by atoms with Gasteiger partial charge < -0.3 is 15.3 Å². The fourth-order valence-electron chi connectivity index (χ4n) is 2.98. The molecule has 0 aliphatic rings. The molecule has 3 aromatic rings. The van der Waals surface area contributed by atoms with Gasteiger partial charge in [-0.05, 0) is 29.7 Å². The highest BCUT2D eigenvalue weighted by Crippen LogP contribution is 2.15. The van der Waals surface area contributed by atoms with E-state index in [1.165, 1.54) is 0 Å². The van der Waals surface area contributed by atoms with Crippen LogP contribution in [0.5, 0.6) is 0 Å². The molecule has 0 saturated carbocycles. The molecule has 0 aliphatic heterocycles. The molecule has 2 N–H and O–H groups in total. The first-order valence-electron chi connectivity index (χ1n) is 9.46. The number of anilines is 1. The molecule has 0 aromatic heterocycles. The van der Waals surface area contributed by atoms with E-state index in [1.54, 1.807) is 7.11 Å². The molecule has 0 aliphatic carbocycles. The predicted octanol–water partition coefficient (Wildman–Crippen LogP) is 4.71. The van der Waals surface area contributed by atoms with Gasteiger partial charge in [0.05, 0.1) is 0 Å². The van der Waals surface area contributed by atoms with E-state index in [1.807, 2.05) is 66.7 Å². The Hall–Kier alpha value is -3.60. The molecule has 0 radical (unpaired) electrons. The smallest absolute Gasteiger partial charge is 0.303 e. The van der Waals surface area contributed by atoms with Gasteiger partial charge in [-0.3, -0.25) is 4.79 Å². The van der Waals surface area contributed by atoms with Crippen LogP contribution in [0.3, 0.4) is 0 Å². The van der Waals surface area contributed by atoms with Crippen LogP contribution in [0.1, 0.15) is 28.7 Å². The number of carboxylic acids is 1. The molecule has 0 atom stereocenters. The second-order valence-electron chi connectivity index (χ2n) is 6.63. The van der Waals surface area contributed by atoms with Gasteiger partial charge in [0.15, 0.2) is 0 Å². The summed E-state index contributed by atoms with van der Waals surface area (Å²) in [4.78, 5) is 15.7. The summed E-state index contributed by atoms with van der Waals surface area (Å²) in [6, 6.07) is 26.0. The molecule has 3 rings (SSSR count). The second-order valence-corrected chi connectivity index (χ2v) is 6.63. The second kappa shape index (κ2) is 10.1. The highest BCUT2D eigenvalue weighted by molar-refractivity contribution is 6.12. The Bertz CT molecular complexity index is 950. The van der Waals surface area contributed by atoms with Crippen LogP contribution in [0, 0.1) is 0 Å². The molecular weight excluding hydrogens is 364 g/mol. The van der Waals surface area contributed by atoms with E-state index in [9.17, 15) is 4.79 Å². The molecule has 0 bridgehead atoms. The van der Waals surface area contributed by atoms with E-state index < -0.39 is 5.97 Å². The number of benzene rings is 3. The number of hydrogen-bond acceptors (Lipinski definition) is 4. The van der Waals surface area contributed by atoms with Gasteiger partial charge in [0, 0.05) is 29.8 Å². The molecule has 5 nitrogen and oxygen atoms in total. The van der Waals surface area contributed by atoms with Crippen LogP contribution in [-0.2, 0) is 22.6 Å². The zero-order valence-electron chi connectivity index (χ0n) is 16.3. The Morgan fingerprint density at radius 2 is 1.52 bits per heavy atom. The van der Waals surface area contributed by atoms with E-state index in [0.717, 1.165) is 33.7 Å². The lowest BCUT2D eigenvalue weighted by molar-refractivity contribution is -0.136. The molecule has 0 fully saturated rings. The van der Waals surface area contributed by atoms with Crippen LogP contribution in [-0.4, -0.2) is 23.9 Å². The quantitative estimate of drug-likeness (QED) is 0.411. The van der Waals surface area contributed by atoms with Gasteiger partial charge >= 0.3 is 5.97 Å². The SMILES string of the molecule is CON=C(c1ccccc1)c1ccc(CNc2ccc(CCC(=O)O)cc2)cc1. The highest BCUT2D eigenvalue weighted by atomic mass is 16.6. The van der Waals surface area contributed by atoms with Crippen molar-refractivity contribution in [2.45, 2.75) is 19.4 Å². The van der Waals surface area contributed by atoms with Gasteiger partial charge in [0.25, 0.3) is 0 Å². The number of oxime groups is 1. The van der Waals surface area contributed by atoms with Crippen LogP contribution in [0.2, 0.25) is 0 Å². The molecule has 148 valence electrons. The number of nitrogens with one attached hydrogen (secondary N) is 1. The summed E-state index contributed by atoms with van der Waals surface area (Å²) in [7, 11) is 1.55. The van der Waals surface area contributed by atoms with Crippen molar-refractivity contribution >= 4 is 17.4 Å². The normalized spacial score (nSPS) is 11.1. The van der Waals surface area contributed by atoms with Crippen molar-refractivity contribution in [1.82, 2.24) is 0 Å². The number of carboxylic acid groups (broad SMARTS) is 1. The summed E-state index contributed by atoms with van der Waals surface area (Å²) in [5.74, 6) is -0.776. The first-order chi connectivity index (χ1) is 14.2.